The maximum atomic E-state index is 9.23. The standard InChI is InChI=1S/C8H12N2O/c1-2-10(11)8-5-3-4-7(9)6-8/h3-6,11H,2,9H2,1H3. The Morgan fingerprint density at radius 3 is 2.82 bits per heavy atom. The molecule has 11 heavy (non-hydrogen) atoms. The van der Waals surface area contributed by atoms with Gasteiger partial charge in [-0.3, -0.25) is 10.3 Å². The third-order valence-electron chi connectivity index (χ3n) is 1.47. The minimum absolute atomic E-state index is 0.559. The Hall–Kier alpha value is -1.22. The van der Waals surface area contributed by atoms with E-state index in [-0.39, 0.29) is 0 Å². The third-order valence-corrected chi connectivity index (χ3v) is 1.47. The Bertz CT molecular complexity index is 237. The lowest BCUT2D eigenvalue weighted by molar-refractivity contribution is 0.260. The van der Waals surface area contributed by atoms with Crippen molar-refractivity contribution in [3.05, 3.63) is 24.3 Å². The second-order valence-corrected chi connectivity index (χ2v) is 2.31. The van der Waals surface area contributed by atoms with Gasteiger partial charge < -0.3 is 5.73 Å². The summed E-state index contributed by atoms with van der Waals surface area (Å²) in [4.78, 5) is 0. The van der Waals surface area contributed by atoms with Gasteiger partial charge in [0.2, 0.25) is 0 Å². The van der Waals surface area contributed by atoms with Crippen molar-refractivity contribution in [2.75, 3.05) is 17.3 Å². The monoisotopic (exact) mass is 152 g/mol. The van der Waals surface area contributed by atoms with E-state index in [9.17, 15) is 5.21 Å². The summed E-state index contributed by atoms with van der Waals surface area (Å²) in [6, 6.07) is 7.12. The quantitative estimate of drug-likeness (QED) is 0.498. The van der Waals surface area contributed by atoms with Crippen LogP contribution in [0.25, 0.3) is 0 Å². The van der Waals surface area contributed by atoms with Gasteiger partial charge in [-0.15, -0.1) is 0 Å². The lowest BCUT2D eigenvalue weighted by atomic mass is 10.3. The minimum Gasteiger partial charge on any atom is -0.399 e. The second kappa shape index (κ2) is 3.25. The highest BCUT2D eigenvalue weighted by atomic mass is 16.5. The predicted molar refractivity (Wildman–Crippen MR) is 45.7 cm³/mol. The van der Waals surface area contributed by atoms with Crippen molar-refractivity contribution in [1.29, 1.82) is 0 Å². The summed E-state index contributed by atoms with van der Waals surface area (Å²) in [5.41, 5.74) is 6.90. The molecule has 0 saturated heterocycles. The zero-order valence-electron chi connectivity index (χ0n) is 6.49. The van der Waals surface area contributed by atoms with E-state index in [1.807, 2.05) is 13.0 Å². The SMILES string of the molecule is CCN(O)c1cccc(N)c1. The van der Waals surface area contributed by atoms with E-state index in [0.717, 1.165) is 10.8 Å². The Morgan fingerprint density at radius 2 is 2.27 bits per heavy atom. The summed E-state index contributed by atoms with van der Waals surface area (Å²) >= 11 is 0. The maximum absolute atomic E-state index is 9.23. The van der Waals surface area contributed by atoms with Crippen LogP contribution in [0.15, 0.2) is 24.3 Å². The van der Waals surface area contributed by atoms with Gasteiger partial charge in [0.25, 0.3) is 0 Å². The van der Waals surface area contributed by atoms with Gasteiger partial charge in [-0.25, -0.2) is 0 Å². The first-order chi connectivity index (χ1) is 5.24. The first kappa shape index (κ1) is 7.88. The van der Waals surface area contributed by atoms with E-state index in [1.165, 1.54) is 0 Å². The number of nitrogen functional groups attached to an aromatic ring is 1. The largest absolute Gasteiger partial charge is 0.399 e. The molecule has 1 aromatic carbocycles. The average Bonchev–Trinajstić information content (AvgIpc) is 2.03. The van der Waals surface area contributed by atoms with E-state index < -0.39 is 0 Å². The summed E-state index contributed by atoms with van der Waals surface area (Å²) in [5, 5.41) is 10.4. The smallest absolute Gasteiger partial charge is 0.0654 e. The van der Waals surface area contributed by atoms with Crippen molar-refractivity contribution in [3.8, 4) is 0 Å². The van der Waals surface area contributed by atoms with Crippen molar-refractivity contribution in [3.63, 3.8) is 0 Å². The molecule has 0 bridgehead atoms. The van der Waals surface area contributed by atoms with Crippen LogP contribution in [0.5, 0.6) is 0 Å². The van der Waals surface area contributed by atoms with Crippen molar-refractivity contribution >= 4 is 11.4 Å². The van der Waals surface area contributed by atoms with E-state index in [2.05, 4.69) is 0 Å². The molecule has 0 unspecified atom stereocenters. The highest BCUT2D eigenvalue weighted by molar-refractivity contribution is 5.54. The van der Waals surface area contributed by atoms with Gasteiger partial charge in [-0.2, -0.15) is 0 Å². The molecule has 0 aliphatic heterocycles. The van der Waals surface area contributed by atoms with Crippen molar-refractivity contribution in [2.24, 2.45) is 0 Å². The van der Waals surface area contributed by atoms with Crippen LogP contribution in [0.2, 0.25) is 0 Å². The molecule has 0 aliphatic rings. The summed E-state index contributed by atoms with van der Waals surface area (Å²) in [6.45, 7) is 2.42. The van der Waals surface area contributed by atoms with Gasteiger partial charge >= 0.3 is 0 Å². The van der Waals surface area contributed by atoms with Crippen LogP contribution >= 0.6 is 0 Å². The van der Waals surface area contributed by atoms with Crippen LogP contribution in [0, 0.1) is 0 Å². The van der Waals surface area contributed by atoms with Crippen LogP contribution in [-0.4, -0.2) is 11.8 Å². The average molecular weight is 152 g/mol. The first-order valence-corrected chi connectivity index (χ1v) is 3.56. The van der Waals surface area contributed by atoms with E-state index in [1.54, 1.807) is 18.2 Å². The Labute approximate surface area is 66.0 Å². The second-order valence-electron chi connectivity index (χ2n) is 2.31. The number of benzene rings is 1. The fourth-order valence-electron chi connectivity index (χ4n) is 0.868. The lowest BCUT2D eigenvalue weighted by Crippen LogP contribution is -2.16. The fraction of sp³-hybridized carbons (Fsp3) is 0.250. The number of hydrogen-bond donors (Lipinski definition) is 2. The van der Waals surface area contributed by atoms with Gasteiger partial charge in [0.15, 0.2) is 0 Å². The molecule has 0 amide bonds. The number of rotatable bonds is 2. The number of nitrogens with zero attached hydrogens (tertiary/aromatic N) is 1. The topological polar surface area (TPSA) is 49.5 Å². The van der Waals surface area contributed by atoms with Crippen molar-refractivity contribution in [2.45, 2.75) is 6.92 Å². The molecular formula is C8H12N2O. The van der Waals surface area contributed by atoms with Gasteiger partial charge in [-0.1, -0.05) is 6.07 Å². The summed E-state index contributed by atoms with van der Waals surface area (Å²) in [5.74, 6) is 0. The molecule has 1 rings (SSSR count). The molecule has 3 nitrogen and oxygen atoms in total. The third kappa shape index (κ3) is 1.85. The molecule has 0 aliphatic carbocycles. The zero-order valence-corrected chi connectivity index (χ0v) is 6.49. The number of hydrogen-bond acceptors (Lipinski definition) is 3. The number of anilines is 2. The molecule has 0 saturated carbocycles. The Kier molecular flexibility index (Phi) is 2.33. The predicted octanol–water partition coefficient (Wildman–Crippen LogP) is 1.48. The van der Waals surface area contributed by atoms with E-state index in [4.69, 9.17) is 5.73 Å². The molecule has 1 aromatic rings. The van der Waals surface area contributed by atoms with Crippen LogP contribution in [-0.2, 0) is 0 Å². The van der Waals surface area contributed by atoms with E-state index >= 15 is 0 Å². The highest BCUT2D eigenvalue weighted by Crippen LogP contribution is 2.14. The molecule has 0 aromatic heterocycles. The van der Waals surface area contributed by atoms with Crippen LogP contribution < -0.4 is 10.8 Å². The summed E-state index contributed by atoms with van der Waals surface area (Å²) < 4.78 is 0. The molecule has 0 atom stereocenters. The molecule has 3 heteroatoms. The molecule has 3 N–H and O–H groups in total. The fourth-order valence-corrected chi connectivity index (χ4v) is 0.868. The first-order valence-electron chi connectivity index (χ1n) is 3.56. The molecule has 0 radical (unpaired) electrons. The Morgan fingerprint density at radius 1 is 1.55 bits per heavy atom. The van der Waals surface area contributed by atoms with E-state index in [0.29, 0.717) is 12.2 Å². The van der Waals surface area contributed by atoms with Gasteiger partial charge in [-0.05, 0) is 25.1 Å². The number of hydroxylamine groups is 1. The number of nitrogens with two attached hydrogens (primary N) is 1. The normalized spacial score (nSPS) is 9.64. The molecule has 0 heterocycles. The summed E-state index contributed by atoms with van der Waals surface area (Å²) in [6.07, 6.45) is 0. The van der Waals surface area contributed by atoms with Gasteiger partial charge in [0.1, 0.15) is 0 Å². The highest BCUT2D eigenvalue weighted by Gasteiger charge is 1.97. The van der Waals surface area contributed by atoms with Crippen LogP contribution in [0.1, 0.15) is 6.92 Å². The minimum atomic E-state index is 0.559. The molecular weight excluding hydrogens is 140 g/mol. The molecule has 0 spiro atoms. The molecule has 0 fully saturated rings. The van der Waals surface area contributed by atoms with Crippen molar-refractivity contribution < 1.29 is 5.21 Å². The van der Waals surface area contributed by atoms with Gasteiger partial charge in [0.05, 0.1) is 5.69 Å². The summed E-state index contributed by atoms with van der Waals surface area (Å²) in [7, 11) is 0. The van der Waals surface area contributed by atoms with Crippen LogP contribution in [0.4, 0.5) is 11.4 Å². The van der Waals surface area contributed by atoms with Gasteiger partial charge in [0, 0.05) is 12.2 Å². The molecule has 60 valence electrons. The lowest BCUT2D eigenvalue weighted by Gasteiger charge is -2.13. The zero-order chi connectivity index (χ0) is 8.27. The van der Waals surface area contributed by atoms with Crippen LogP contribution in [0.3, 0.4) is 0 Å². The maximum Gasteiger partial charge on any atom is 0.0654 e. The Balaban J connectivity index is 2.86. The van der Waals surface area contributed by atoms with Crippen molar-refractivity contribution in [1.82, 2.24) is 0 Å².